The molecule has 1 amide bonds. The van der Waals surface area contributed by atoms with Gasteiger partial charge >= 0.3 is 5.69 Å². The van der Waals surface area contributed by atoms with Crippen LogP contribution in [0.1, 0.15) is 21.7 Å². The summed E-state index contributed by atoms with van der Waals surface area (Å²) >= 11 is 1.51. The molecule has 0 radical (unpaired) electrons. The fraction of sp³-hybridized carbons (Fsp3) is 0.0952. The van der Waals surface area contributed by atoms with Crippen molar-refractivity contribution < 1.29 is 9.53 Å². The molecular formula is C21H18N4O3S. The number of hydrogen-bond donors (Lipinski definition) is 2. The summed E-state index contributed by atoms with van der Waals surface area (Å²) < 4.78 is 7.25. The number of carbonyl (C=O) groups is 1. The van der Waals surface area contributed by atoms with Gasteiger partial charge < -0.3 is 15.0 Å². The van der Waals surface area contributed by atoms with Crippen LogP contribution in [0, 0.1) is 6.92 Å². The standard InChI is InChI=1S/C21H18N4O3S/c1-14-10-22-21(27)25(14)18-6-3-5-16(9-18)24-20(26)15-4-2-7-19(8-15)28-11-17-12-29-13-23-17/h2-10,12-13H,11H2,1H3,(H,22,27)(H,24,26). The first kappa shape index (κ1) is 18.7. The van der Waals surface area contributed by atoms with Gasteiger partial charge in [-0.05, 0) is 43.3 Å². The Balaban J connectivity index is 1.49. The minimum Gasteiger partial charge on any atom is -0.487 e. The van der Waals surface area contributed by atoms with E-state index in [0.717, 1.165) is 11.4 Å². The number of carbonyl (C=O) groups excluding carboxylic acids is 1. The maximum absolute atomic E-state index is 12.7. The first-order valence-electron chi connectivity index (χ1n) is 8.89. The van der Waals surface area contributed by atoms with Crippen LogP contribution in [0.5, 0.6) is 5.75 Å². The molecule has 8 heteroatoms. The number of anilines is 1. The lowest BCUT2D eigenvalue weighted by Gasteiger charge is -2.10. The number of imidazole rings is 1. The number of H-pyrrole nitrogens is 1. The third-order valence-electron chi connectivity index (χ3n) is 4.29. The predicted molar refractivity (Wildman–Crippen MR) is 112 cm³/mol. The lowest BCUT2D eigenvalue weighted by molar-refractivity contribution is 0.102. The maximum Gasteiger partial charge on any atom is 0.330 e. The van der Waals surface area contributed by atoms with Crippen molar-refractivity contribution >= 4 is 22.9 Å². The molecule has 0 aliphatic carbocycles. The third kappa shape index (κ3) is 4.27. The van der Waals surface area contributed by atoms with Crippen molar-refractivity contribution in [2.45, 2.75) is 13.5 Å². The lowest BCUT2D eigenvalue weighted by Crippen LogP contribution is -2.17. The molecule has 7 nitrogen and oxygen atoms in total. The fourth-order valence-corrected chi connectivity index (χ4v) is 3.44. The quantitative estimate of drug-likeness (QED) is 0.510. The number of nitrogens with zero attached hydrogens (tertiary/aromatic N) is 2. The molecule has 0 spiro atoms. The van der Waals surface area contributed by atoms with Crippen LogP contribution in [0.4, 0.5) is 5.69 Å². The molecule has 146 valence electrons. The number of rotatable bonds is 6. The van der Waals surface area contributed by atoms with Gasteiger partial charge in [-0.15, -0.1) is 11.3 Å². The average Bonchev–Trinajstić information content (AvgIpc) is 3.36. The molecule has 0 bridgehead atoms. The van der Waals surface area contributed by atoms with E-state index < -0.39 is 0 Å². The molecule has 2 aromatic carbocycles. The molecule has 0 atom stereocenters. The number of benzene rings is 2. The number of thiazole rings is 1. The summed E-state index contributed by atoms with van der Waals surface area (Å²) in [5, 5.41) is 4.78. The van der Waals surface area contributed by atoms with E-state index in [9.17, 15) is 9.59 Å². The van der Waals surface area contributed by atoms with Crippen LogP contribution in [0.3, 0.4) is 0 Å². The summed E-state index contributed by atoms with van der Waals surface area (Å²) in [4.78, 5) is 31.5. The summed E-state index contributed by atoms with van der Waals surface area (Å²) in [6.45, 7) is 2.18. The van der Waals surface area contributed by atoms with Gasteiger partial charge in [-0.2, -0.15) is 0 Å². The van der Waals surface area contributed by atoms with Crippen molar-refractivity contribution in [2.75, 3.05) is 5.32 Å². The minimum atomic E-state index is -0.264. The number of aromatic nitrogens is 3. The van der Waals surface area contributed by atoms with Crippen LogP contribution in [0.25, 0.3) is 5.69 Å². The Bertz CT molecular complexity index is 1190. The van der Waals surface area contributed by atoms with Crippen molar-refractivity contribution in [3.63, 3.8) is 0 Å². The first-order valence-corrected chi connectivity index (χ1v) is 9.83. The number of amides is 1. The highest BCUT2D eigenvalue weighted by molar-refractivity contribution is 7.07. The summed E-state index contributed by atoms with van der Waals surface area (Å²) in [5.74, 6) is 0.327. The Kier molecular flexibility index (Phi) is 5.26. The Morgan fingerprint density at radius 3 is 2.86 bits per heavy atom. The Hall–Kier alpha value is -3.65. The van der Waals surface area contributed by atoms with Crippen LogP contribution in [0.15, 0.2) is 70.4 Å². The molecule has 0 unspecified atom stereocenters. The largest absolute Gasteiger partial charge is 0.487 e. The molecule has 2 N–H and O–H groups in total. The van der Waals surface area contributed by atoms with Gasteiger partial charge in [0.15, 0.2) is 0 Å². The van der Waals surface area contributed by atoms with Crippen LogP contribution < -0.4 is 15.7 Å². The number of ether oxygens (including phenoxy) is 1. The van der Waals surface area contributed by atoms with Crippen molar-refractivity contribution in [3.8, 4) is 11.4 Å². The predicted octanol–water partition coefficient (Wildman–Crippen LogP) is 3.76. The first-order chi connectivity index (χ1) is 14.1. The van der Waals surface area contributed by atoms with Crippen LogP contribution in [-0.2, 0) is 6.61 Å². The van der Waals surface area contributed by atoms with Crippen LogP contribution in [0.2, 0.25) is 0 Å². The monoisotopic (exact) mass is 406 g/mol. The topological polar surface area (TPSA) is 89.0 Å². The maximum atomic E-state index is 12.7. The summed E-state index contributed by atoms with van der Waals surface area (Å²) in [6.07, 6.45) is 1.64. The number of hydrogen-bond acceptors (Lipinski definition) is 5. The zero-order chi connectivity index (χ0) is 20.2. The van der Waals surface area contributed by atoms with E-state index in [1.54, 1.807) is 58.7 Å². The van der Waals surface area contributed by atoms with E-state index in [2.05, 4.69) is 15.3 Å². The SMILES string of the molecule is Cc1c[nH]c(=O)n1-c1cccc(NC(=O)c2cccc(OCc3cscn3)c2)c1. The Morgan fingerprint density at radius 2 is 2.10 bits per heavy atom. The van der Waals surface area contributed by atoms with E-state index >= 15 is 0 Å². The Labute approximate surface area is 170 Å². The minimum absolute atomic E-state index is 0.226. The molecule has 2 aromatic heterocycles. The molecule has 0 aliphatic heterocycles. The molecule has 4 aromatic rings. The summed E-state index contributed by atoms with van der Waals surface area (Å²) in [5.41, 5.74) is 4.89. The van der Waals surface area contributed by atoms with E-state index in [4.69, 9.17) is 4.74 Å². The average molecular weight is 406 g/mol. The molecule has 0 fully saturated rings. The van der Waals surface area contributed by atoms with E-state index in [-0.39, 0.29) is 11.6 Å². The van der Waals surface area contributed by atoms with E-state index in [0.29, 0.717) is 29.3 Å². The van der Waals surface area contributed by atoms with Gasteiger partial charge in [0.1, 0.15) is 12.4 Å². The van der Waals surface area contributed by atoms with Crippen molar-refractivity contribution in [1.82, 2.24) is 14.5 Å². The molecule has 2 heterocycles. The van der Waals surface area contributed by atoms with Crippen molar-refractivity contribution in [3.05, 3.63) is 93.1 Å². The summed E-state index contributed by atoms with van der Waals surface area (Å²) in [6, 6.07) is 14.1. The number of nitrogens with one attached hydrogen (secondary N) is 2. The van der Waals surface area contributed by atoms with Gasteiger partial charge in [-0.1, -0.05) is 12.1 Å². The molecular weight excluding hydrogens is 388 g/mol. The lowest BCUT2D eigenvalue weighted by atomic mass is 10.2. The molecule has 0 aliphatic rings. The zero-order valence-corrected chi connectivity index (χ0v) is 16.4. The molecule has 0 saturated heterocycles. The second kappa shape index (κ2) is 8.15. The van der Waals surface area contributed by atoms with E-state index in [1.165, 1.54) is 11.3 Å². The van der Waals surface area contributed by atoms with Gasteiger partial charge in [-0.25, -0.2) is 9.78 Å². The van der Waals surface area contributed by atoms with Gasteiger partial charge in [0.2, 0.25) is 0 Å². The van der Waals surface area contributed by atoms with Crippen LogP contribution >= 0.6 is 11.3 Å². The van der Waals surface area contributed by atoms with Gasteiger partial charge in [-0.3, -0.25) is 9.36 Å². The molecule has 0 saturated carbocycles. The second-order valence-corrected chi connectivity index (χ2v) is 7.09. The highest BCUT2D eigenvalue weighted by Crippen LogP contribution is 2.19. The molecule has 4 rings (SSSR count). The highest BCUT2D eigenvalue weighted by atomic mass is 32.1. The molecule has 29 heavy (non-hydrogen) atoms. The highest BCUT2D eigenvalue weighted by Gasteiger charge is 2.10. The van der Waals surface area contributed by atoms with Gasteiger partial charge in [0.05, 0.1) is 16.9 Å². The van der Waals surface area contributed by atoms with E-state index in [1.807, 2.05) is 18.4 Å². The van der Waals surface area contributed by atoms with Gasteiger partial charge in [0.25, 0.3) is 5.91 Å². The van der Waals surface area contributed by atoms with Gasteiger partial charge in [0, 0.05) is 28.5 Å². The Morgan fingerprint density at radius 1 is 1.24 bits per heavy atom. The normalized spacial score (nSPS) is 10.7. The van der Waals surface area contributed by atoms with Crippen LogP contribution in [-0.4, -0.2) is 20.4 Å². The zero-order valence-electron chi connectivity index (χ0n) is 15.6. The number of aromatic amines is 1. The third-order valence-corrected chi connectivity index (χ3v) is 4.92. The van der Waals surface area contributed by atoms with Crippen molar-refractivity contribution in [1.29, 1.82) is 0 Å². The number of aryl methyl sites for hydroxylation is 1. The smallest absolute Gasteiger partial charge is 0.330 e. The summed E-state index contributed by atoms with van der Waals surface area (Å²) in [7, 11) is 0. The fourth-order valence-electron chi connectivity index (χ4n) is 2.90. The van der Waals surface area contributed by atoms with Crippen molar-refractivity contribution in [2.24, 2.45) is 0 Å². The second-order valence-electron chi connectivity index (χ2n) is 6.37.